The Balaban J connectivity index is 1.48. The second kappa shape index (κ2) is 8.59. The lowest BCUT2D eigenvalue weighted by Gasteiger charge is -2.35. The van der Waals surface area contributed by atoms with Gasteiger partial charge in [-0.2, -0.15) is 5.10 Å². The minimum absolute atomic E-state index is 0.0264. The van der Waals surface area contributed by atoms with E-state index >= 15 is 0 Å². The minimum Gasteiger partial charge on any atom is -0.460 e. The number of nitrogens with one attached hydrogen (secondary N) is 1. The van der Waals surface area contributed by atoms with Crippen LogP contribution in [0.5, 0.6) is 11.5 Å². The van der Waals surface area contributed by atoms with Crippen molar-refractivity contribution < 1.29 is 32.6 Å². The molecule has 3 aromatic heterocycles. The van der Waals surface area contributed by atoms with Crippen LogP contribution in [-0.2, 0) is 0 Å². The molecule has 2 N–H and O–H groups in total. The number of amides is 2. The number of aryl methyl sites for hydroxylation is 2. The van der Waals surface area contributed by atoms with Crippen LogP contribution in [0, 0.1) is 13.8 Å². The van der Waals surface area contributed by atoms with E-state index in [0.717, 1.165) is 4.90 Å². The quantitative estimate of drug-likeness (QED) is 0.444. The van der Waals surface area contributed by atoms with E-state index in [0.29, 0.717) is 44.9 Å². The zero-order valence-electron chi connectivity index (χ0n) is 19.8. The summed E-state index contributed by atoms with van der Waals surface area (Å²) >= 11 is 0. The molecule has 0 spiro atoms. The molecule has 0 bridgehead atoms. The first kappa shape index (κ1) is 23.7. The van der Waals surface area contributed by atoms with E-state index in [9.17, 15) is 23.5 Å². The molecule has 2 amide bonds. The number of rotatable bonds is 4. The van der Waals surface area contributed by atoms with Crippen LogP contribution in [0.15, 0.2) is 41.1 Å². The Hall–Kier alpha value is -3.99. The Bertz CT molecular complexity index is 1510. The van der Waals surface area contributed by atoms with Gasteiger partial charge >= 0.3 is 0 Å². The number of alkyl halides is 2. The van der Waals surface area contributed by atoms with Crippen LogP contribution in [-0.4, -0.2) is 63.6 Å². The molecule has 1 aliphatic heterocycles. The van der Waals surface area contributed by atoms with Crippen LogP contribution in [0.1, 0.15) is 38.5 Å². The molecule has 0 saturated carbocycles. The van der Waals surface area contributed by atoms with Crippen molar-refractivity contribution in [2.75, 3.05) is 20.1 Å². The highest BCUT2D eigenvalue weighted by molar-refractivity contribution is 6.07. The summed E-state index contributed by atoms with van der Waals surface area (Å²) in [5.41, 5.74) is 2.18. The molecule has 1 aromatic carbocycles. The zero-order chi connectivity index (χ0) is 25.8. The lowest BCUT2D eigenvalue weighted by molar-refractivity contribution is -0.142. The maximum atomic E-state index is 14.0. The van der Waals surface area contributed by atoms with E-state index in [-0.39, 0.29) is 24.4 Å². The number of aromatic nitrogens is 2. The van der Waals surface area contributed by atoms with Crippen LogP contribution in [0.25, 0.3) is 16.5 Å². The van der Waals surface area contributed by atoms with Gasteiger partial charge in [-0.3, -0.25) is 9.59 Å². The van der Waals surface area contributed by atoms with Gasteiger partial charge < -0.3 is 24.5 Å². The first-order valence-electron chi connectivity index (χ1n) is 11.4. The van der Waals surface area contributed by atoms with Crippen molar-refractivity contribution in [2.24, 2.45) is 0 Å². The molecule has 1 saturated heterocycles. The molecular formula is C25H24F2N4O5. The molecule has 1 fully saturated rings. The maximum absolute atomic E-state index is 14.0. The molecule has 4 heterocycles. The number of likely N-dealkylation sites (tertiary alicyclic amines) is 1. The Morgan fingerprint density at radius 3 is 2.78 bits per heavy atom. The molecule has 0 aliphatic carbocycles. The lowest BCUT2D eigenvalue weighted by Crippen LogP contribution is -2.53. The highest BCUT2D eigenvalue weighted by atomic mass is 19.3. The van der Waals surface area contributed by atoms with E-state index < -0.39 is 24.5 Å². The number of halogens is 2. The fourth-order valence-electron chi connectivity index (χ4n) is 4.59. The second-order valence-electron chi connectivity index (χ2n) is 8.82. The molecule has 11 heteroatoms. The number of hydrogen-bond acceptors (Lipinski definition) is 6. The predicted molar refractivity (Wildman–Crippen MR) is 126 cm³/mol. The molecule has 5 rings (SSSR count). The molecular weight excluding hydrogens is 474 g/mol. The minimum atomic E-state index is -3.37. The molecule has 1 atom stereocenters. The summed E-state index contributed by atoms with van der Waals surface area (Å²) in [5.74, 6) is -2.87. The Kier molecular flexibility index (Phi) is 5.67. The number of nitrogens with zero attached hydrogens (tertiary/aromatic N) is 3. The largest absolute Gasteiger partial charge is 0.460 e. The summed E-state index contributed by atoms with van der Waals surface area (Å²) in [7, 11) is 1.55. The van der Waals surface area contributed by atoms with Gasteiger partial charge in [-0.25, -0.2) is 13.3 Å². The summed E-state index contributed by atoms with van der Waals surface area (Å²) in [6.07, 6.45) is 1.02. The molecule has 36 heavy (non-hydrogen) atoms. The van der Waals surface area contributed by atoms with Gasteiger partial charge in [-0.05, 0) is 38.0 Å². The summed E-state index contributed by atoms with van der Waals surface area (Å²) in [6.45, 7) is 2.58. The fraction of sp³-hybridized carbons (Fsp3) is 0.320. The van der Waals surface area contributed by atoms with Crippen LogP contribution >= 0.6 is 0 Å². The summed E-state index contributed by atoms with van der Waals surface area (Å²) in [5, 5.41) is 17.0. The van der Waals surface area contributed by atoms with E-state index in [1.165, 1.54) is 16.9 Å². The number of fused-ring (bicyclic) bond motifs is 2. The van der Waals surface area contributed by atoms with Gasteiger partial charge in [0.15, 0.2) is 5.75 Å². The third kappa shape index (κ3) is 3.85. The number of carbonyl (C=O) groups excluding carboxylic acids is 2. The lowest BCUT2D eigenvalue weighted by atomic mass is 10.0. The molecule has 0 unspecified atom stereocenters. The fourth-order valence-corrected chi connectivity index (χ4v) is 4.59. The van der Waals surface area contributed by atoms with Crippen LogP contribution < -0.4 is 10.1 Å². The molecule has 4 aromatic rings. The van der Waals surface area contributed by atoms with Crippen LogP contribution in [0.2, 0.25) is 0 Å². The van der Waals surface area contributed by atoms with Crippen molar-refractivity contribution in [3.05, 3.63) is 59.1 Å². The second-order valence-corrected chi connectivity index (χ2v) is 8.82. The predicted octanol–water partition coefficient (Wildman–Crippen LogP) is 3.69. The molecule has 1 aliphatic rings. The van der Waals surface area contributed by atoms with Crippen molar-refractivity contribution in [3.8, 4) is 11.5 Å². The first-order valence-corrected chi connectivity index (χ1v) is 11.4. The van der Waals surface area contributed by atoms with Crippen LogP contribution in [0.4, 0.5) is 8.78 Å². The topological polar surface area (TPSA) is 109 Å². The van der Waals surface area contributed by atoms with E-state index in [1.54, 1.807) is 45.2 Å². The standard InChI is InChI=1S/C25H24F2N4O5/c1-13-17(24(34)30-9-7-20(32)25(26,27)12-30)11-31-22(13)18(6-8-29-31)36-15-4-5-16-19(10-15)35-14(2)21(16)23(33)28-3/h4-6,8,10-11,20,32H,7,9,12H2,1-3H3,(H,28,33)/t20-/m0/s1. The number of carbonyl (C=O) groups is 2. The normalized spacial score (nSPS) is 17.5. The maximum Gasteiger partial charge on any atom is 0.290 e. The summed E-state index contributed by atoms with van der Waals surface area (Å²) in [6, 6.07) is 6.73. The van der Waals surface area contributed by atoms with E-state index in [1.807, 2.05) is 0 Å². The van der Waals surface area contributed by atoms with Gasteiger partial charge in [0.1, 0.15) is 28.7 Å². The number of furan rings is 1. The van der Waals surface area contributed by atoms with Crippen molar-refractivity contribution in [3.63, 3.8) is 0 Å². The van der Waals surface area contributed by atoms with Crippen LogP contribution in [0.3, 0.4) is 0 Å². The van der Waals surface area contributed by atoms with Gasteiger partial charge in [-0.1, -0.05) is 0 Å². The van der Waals surface area contributed by atoms with Crippen molar-refractivity contribution in [1.29, 1.82) is 0 Å². The monoisotopic (exact) mass is 498 g/mol. The number of hydrogen-bond donors (Lipinski definition) is 2. The van der Waals surface area contributed by atoms with Gasteiger partial charge in [0.25, 0.3) is 17.7 Å². The number of benzene rings is 1. The van der Waals surface area contributed by atoms with Gasteiger partial charge in [0.2, 0.25) is 0 Å². The number of piperidine rings is 1. The third-order valence-electron chi connectivity index (χ3n) is 6.49. The first-order chi connectivity index (χ1) is 17.1. The molecule has 9 nitrogen and oxygen atoms in total. The highest BCUT2D eigenvalue weighted by Gasteiger charge is 2.45. The number of ether oxygens (including phenoxy) is 1. The average molecular weight is 498 g/mol. The van der Waals surface area contributed by atoms with Gasteiger partial charge in [0.05, 0.1) is 23.9 Å². The Morgan fingerprint density at radius 2 is 2.06 bits per heavy atom. The Morgan fingerprint density at radius 1 is 1.28 bits per heavy atom. The molecule has 0 radical (unpaired) electrons. The average Bonchev–Trinajstić information content (AvgIpc) is 3.36. The number of aliphatic hydroxyl groups is 1. The van der Waals surface area contributed by atoms with Gasteiger partial charge in [-0.15, -0.1) is 0 Å². The SMILES string of the molecule is CNC(=O)c1c(C)oc2cc(Oc3ccnn4cc(C(=O)N5CC[C@H](O)C(F)(F)C5)c(C)c34)ccc12. The number of aliphatic hydroxyl groups excluding tert-OH is 1. The third-order valence-corrected chi connectivity index (χ3v) is 6.49. The zero-order valence-corrected chi connectivity index (χ0v) is 19.8. The van der Waals surface area contributed by atoms with E-state index in [2.05, 4.69) is 10.4 Å². The van der Waals surface area contributed by atoms with Gasteiger partial charge in [0, 0.05) is 37.3 Å². The molecule has 188 valence electrons. The Labute approximate surface area is 204 Å². The summed E-state index contributed by atoms with van der Waals surface area (Å²) in [4.78, 5) is 26.3. The van der Waals surface area contributed by atoms with Crippen molar-refractivity contribution in [2.45, 2.75) is 32.3 Å². The van der Waals surface area contributed by atoms with Crippen molar-refractivity contribution in [1.82, 2.24) is 19.8 Å². The smallest absolute Gasteiger partial charge is 0.290 e. The van der Waals surface area contributed by atoms with Crippen molar-refractivity contribution >= 4 is 28.3 Å². The highest BCUT2D eigenvalue weighted by Crippen LogP contribution is 2.35. The summed E-state index contributed by atoms with van der Waals surface area (Å²) < 4.78 is 41.4. The van der Waals surface area contributed by atoms with E-state index in [4.69, 9.17) is 9.15 Å².